The average Bonchev–Trinajstić information content (AvgIpc) is 3.10. The lowest BCUT2D eigenvalue weighted by atomic mass is 9.95. The largest absolute Gasteiger partial charge is 0.254 e. The maximum Gasteiger partial charge on any atom is 0.0978 e. The Morgan fingerprint density at radius 3 is 1.89 bits per heavy atom. The Kier molecular flexibility index (Phi) is 5.43. The number of nitrogens with zero attached hydrogens (tertiary/aromatic N) is 5. The molecule has 0 aliphatic heterocycles. The summed E-state index contributed by atoms with van der Waals surface area (Å²) in [5, 5.41) is 5.40. The molecule has 0 N–H and O–H groups in total. The van der Waals surface area contributed by atoms with Gasteiger partial charge in [0.15, 0.2) is 0 Å². The molecule has 204 valence electrons. The number of para-hydroxylation sites is 1. The highest BCUT2D eigenvalue weighted by Gasteiger charge is 2.15. The van der Waals surface area contributed by atoms with Crippen molar-refractivity contribution < 1.29 is 0 Å². The van der Waals surface area contributed by atoms with E-state index in [4.69, 9.17) is 19.9 Å². The molecule has 0 spiro atoms. The molecule has 0 saturated heterocycles. The van der Waals surface area contributed by atoms with Crippen molar-refractivity contribution in [2.75, 3.05) is 0 Å². The number of aromatic nitrogens is 5. The maximum absolute atomic E-state index is 5.17. The molecule has 0 amide bonds. The van der Waals surface area contributed by atoms with Gasteiger partial charge in [-0.3, -0.25) is 9.97 Å². The van der Waals surface area contributed by atoms with Crippen molar-refractivity contribution in [3.8, 4) is 33.8 Å². The fourth-order valence-electron chi connectivity index (χ4n) is 6.18. The van der Waals surface area contributed by atoms with E-state index in [9.17, 15) is 0 Å². The zero-order valence-electron chi connectivity index (χ0n) is 23.5. The second-order valence-electron chi connectivity index (χ2n) is 10.9. The normalized spacial score (nSPS) is 11.6. The molecule has 0 atom stereocenters. The summed E-state index contributed by atoms with van der Waals surface area (Å²) in [6, 6.07) is 43.7. The van der Waals surface area contributed by atoms with E-state index in [1.807, 2.05) is 42.7 Å². The first-order valence-corrected chi connectivity index (χ1v) is 14.6. The SMILES string of the molecule is c1ccc(-c2c3ccccc3nc3c2ccc2ccc(-c4ccc(-c5ccc6ccc7cccnc7c6n5)nc4)nc23)cc1. The lowest BCUT2D eigenvalue weighted by Crippen LogP contribution is -1.94. The molecule has 0 saturated carbocycles. The topological polar surface area (TPSA) is 64.5 Å². The van der Waals surface area contributed by atoms with Crippen molar-refractivity contribution in [2.24, 2.45) is 0 Å². The summed E-state index contributed by atoms with van der Waals surface area (Å²) in [7, 11) is 0. The number of hydrogen-bond acceptors (Lipinski definition) is 5. The van der Waals surface area contributed by atoms with Crippen molar-refractivity contribution in [2.45, 2.75) is 0 Å². The van der Waals surface area contributed by atoms with E-state index in [-0.39, 0.29) is 0 Å². The standard InChI is InChI=1S/C39H23N5/c1-2-7-24(8-3-1)35-29-10-4-5-11-32(29)43-39-30(35)18-14-27-15-19-31(42-38(27)39)28-17-20-33(41-23-28)34-21-16-26-13-12-25-9-6-22-40-36(25)37(26)44-34/h1-23H. The number of rotatable bonds is 3. The molecule has 0 aliphatic carbocycles. The van der Waals surface area contributed by atoms with E-state index in [2.05, 4.69) is 102 Å². The number of hydrogen-bond donors (Lipinski definition) is 0. The Bertz CT molecular complexity index is 2540. The van der Waals surface area contributed by atoms with Gasteiger partial charge in [-0.15, -0.1) is 0 Å². The third kappa shape index (κ3) is 3.91. The highest BCUT2D eigenvalue weighted by molar-refractivity contribution is 6.16. The Balaban J connectivity index is 1.17. The van der Waals surface area contributed by atoms with Crippen molar-refractivity contribution in [1.82, 2.24) is 24.9 Å². The van der Waals surface area contributed by atoms with Gasteiger partial charge < -0.3 is 0 Å². The molecule has 44 heavy (non-hydrogen) atoms. The highest BCUT2D eigenvalue weighted by atomic mass is 14.8. The minimum absolute atomic E-state index is 0.801. The molecular weight excluding hydrogens is 538 g/mol. The van der Waals surface area contributed by atoms with E-state index in [0.29, 0.717) is 0 Å². The Labute approximate surface area is 252 Å². The van der Waals surface area contributed by atoms with Crippen molar-refractivity contribution >= 4 is 54.5 Å². The lowest BCUT2D eigenvalue weighted by Gasteiger charge is -2.13. The van der Waals surface area contributed by atoms with Crippen LogP contribution in [0.4, 0.5) is 0 Å². The zero-order valence-corrected chi connectivity index (χ0v) is 23.5. The minimum Gasteiger partial charge on any atom is -0.254 e. The molecule has 5 aromatic heterocycles. The summed E-state index contributed by atoms with van der Waals surface area (Å²) in [4.78, 5) is 24.7. The third-order valence-electron chi connectivity index (χ3n) is 8.33. The van der Waals surface area contributed by atoms with Crippen LogP contribution in [0.25, 0.3) is 88.3 Å². The van der Waals surface area contributed by atoms with Gasteiger partial charge in [-0.1, -0.05) is 91.0 Å². The van der Waals surface area contributed by atoms with Crippen LogP contribution >= 0.6 is 0 Å². The summed E-state index contributed by atoms with van der Waals surface area (Å²) < 4.78 is 0. The Morgan fingerprint density at radius 2 is 1.05 bits per heavy atom. The molecule has 4 aromatic carbocycles. The smallest absolute Gasteiger partial charge is 0.0978 e. The van der Waals surface area contributed by atoms with Crippen LogP contribution in [0.1, 0.15) is 0 Å². The van der Waals surface area contributed by atoms with Gasteiger partial charge in [0.25, 0.3) is 0 Å². The molecule has 5 heterocycles. The molecule has 0 radical (unpaired) electrons. The molecular formula is C39H23N5. The van der Waals surface area contributed by atoms with Gasteiger partial charge in [-0.2, -0.15) is 0 Å². The molecule has 0 unspecified atom stereocenters. The van der Waals surface area contributed by atoms with E-state index in [1.165, 1.54) is 5.56 Å². The Morgan fingerprint density at radius 1 is 0.364 bits per heavy atom. The Hall–Kier alpha value is -6.07. The van der Waals surface area contributed by atoms with Crippen LogP contribution in [-0.4, -0.2) is 24.9 Å². The van der Waals surface area contributed by atoms with Crippen molar-refractivity contribution in [3.05, 3.63) is 140 Å². The first-order chi connectivity index (χ1) is 21.8. The van der Waals surface area contributed by atoms with Crippen LogP contribution in [0.2, 0.25) is 0 Å². The van der Waals surface area contributed by atoms with Gasteiger partial charge in [0.2, 0.25) is 0 Å². The van der Waals surface area contributed by atoms with Crippen LogP contribution in [0.15, 0.2) is 140 Å². The van der Waals surface area contributed by atoms with E-state index in [0.717, 1.165) is 82.7 Å². The summed E-state index contributed by atoms with van der Waals surface area (Å²) in [5.41, 5.74) is 10.2. The third-order valence-corrected chi connectivity index (χ3v) is 8.33. The van der Waals surface area contributed by atoms with E-state index < -0.39 is 0 Å². The molecule has 0 bridgehead atoms. The van der Waals surface area contributed by atoms with E-state index in [1.54, 1.807) is 0 Å². The summed E-state index contributed by atoms with van der Waals surface area (Å²) in [6.45, 7) is 0. The maximum atomic E-state index is 5.17. The lowest BCUT2D eigenvalue weighted by molar-refractivity contribution is 1.26. The van der Waals surface area contributed by atoms with Crippen molar-refractivity contribution in [3.63, 3.8) is 0 Å². The fraction of sp³-hybridized carbons (Fsp3) is 0. The second-order valence-corrected chi connectivity index (χ2v) is 10.9. The molecule has 9 rings (SSSR count). The predicted molar refractivity (Wildman–Crippen MR) is 179 cm³/mol. The highest BCUT2D eigenvalue weighted by Crippen LogP contribution is 2.37. The van der Waals surface area contributed by atoms with Gasteiger partial charge in [0, 0.05) is 50.5 Å². The van der Waals surface area contributed by atoms with Crippen LogP contribution in [0.5, 0.6) is 0 Å². The number of benzene rings is 4. The summed E-state index contributed by atoms with van der Waals surface area (Å²) in [5.74, 6) is 0. The van der Waals surface area contributed by atoms with Gasteiger partial charge in [-0.25, -0.2) is 15.0 Å². The average molecular weight is 562 g/mol. The van der Waals surface area contributed by atoms with Gasteiger partial charge >= 0.3 is 0 Å². The zero-order chi connectivity index (χ0) is 29.0. The monoisotopic (exact) mass is 561 g/mol. The first kappa shape index (κ1) is 24.5. The number of fused-ring (bicyclic) bond motifs is 7. The molecule has 0 fully saturated rings. The molecule has 0 aliphatic rings. The van der Waals surface area contributed by atoms with Crippen LogP contribution in [0.3, 0.4) is 0 Å². The van der Waals surface area contributed by atoms with Crippen LogP contribution in [-0.2, 0) is 0 Å². The summed E-state index contributed by atoms with van der Waals surface area (Å²) >= 11 is 0. The van der Waals surface area contributed by atoms with Crippen LogP contribution in [0, 0.1) is 0 Å². The predicted octanol–water partition coefficient (Wildman–Crippen LogP) is 9.43. The molecule has 5 heteroatoms. The molecule has 9 aromatic rings. The van der Waals surface area contributed by atoms with Gasteiger partial charge in [0.1, 0.15) is 0 Å². The quantitative estimate of drug-likeness (QED) is 0.159. The van der Waals surface area contributed by atoms with Gasteiger partial charge in [0.05, 0.1) is 44.7 Å². The first-order valence-electron chi connectivity index (χ1n) is 14.6. The van der Waals surface area contributed by atoms with E-state index >= 15 is 0 Å². The number of pyridine rings is 5. The second kappa shape index (κ2) is 9.75. The van der Waals surface area contributed by atoms with Crippen LogP contribution < -0.4 is 0 Å². The summed E-state index contributed by atoms with van der Waals surface area (Å²) in [6.07, 6.45) is 3.68. The van der Waals surface area contributed by atoms with Crippen molar-refractivity contribution in [1.29, 1.82) is 0 Å². The fourth-order valence-corrected chi connectivity index (χ4v) is 6.18. The molecule has 5 nitrogen and oxygen atoms in total. The minimum atomic E-state index is 0.801. The van der Waals surface area contributed by atoms with Gasteiger partial charge in [-0.05, 0) is 42.0 Å².